The third-order valence-corrected chi connectivity index (χ3v) is 4.91. The van der Waals surface area contributed by atoms with Crippen LogP contribution in [0.15, 0.2) is 22.7 Å². The Labute approximate surface area is 107 Å². The molecule has 2 aromatic heterocycles. The molecule has 0 atom stereocenters. The molecule has 0 saturated carbocycles. The molecule has 0 saturated heterocycles. The molecule has 0 unspecified atom stereocenters. The molecule has 17 heavy (non-hydrogen) atoms. The SMILES string of the molecule is Cn1ccc(CNS(=O)(=O)c2cnc(Cl)s2)n1. The maximum Gasteiger partial charge on any atom is 0.252 e. The van der Waals surface area contributed by atoms with Crippen LogP contribution in [0.4, 0.5) is 0 Å². The number of sulfonamides is 1. The van der Waals surface area contributed by atoms with Gasteiger partial charge in [-0.15, -0.1) is 0 Å². The summed E-state index contributed by atoms with van der Waals surface area (Å²) in [5.41, 5.74) is 0.645. The summed E-state index contributed by atoms with van der Waals surface area (Å²) < 4.78 is 27.9. The highest BCUT2D eigenvalue weighted by atomic mass is 35.5. The van der Waals surface area contributed by atoms with Gasteiger partial charge in [0, 0.05) is 13.2 Å². The predicted octanol–water partition coefficient (Wildman–Crippen LogP) is 1.01. The molecule has 0 spiro atoms. The molecule has 0 aromatic carbocycles. The van der Waals surface area contributed by atoms with Crippen molar-refractivity contribution in [2.75, 3.05) is 0 Å². The first-order valence-electron chi connectivity index (χ1n) is 4.57. The number of thiazole rings is 1. The number of hydrogen-bond acceptors (Lipinski definition) is 5. The van der Waals surface area contributed by atoms with Crippen LogP contribution in [0.5, 0.6) is 0 Å². The topological polar surface area (TPSA) is 76.9 Å². The number of nitrogens with zero attached hydrogens (tertiary/aromatic N) is 3. The summed E-state index contributed by atoms with van der Waals surface area (Å²) >= 11 is 6.50. The minimum absolute atomic E-state index is 0.0958. The van der Waals surface area contributed by atoms with Gasteiger partial charge in [0.1, 0.15) is 0 Å². The van der Waals surface area contributed by atoms with Gasteiger partial charge in [0.05, 0.1) is 18.4 Å². The van der Waals surface area contributed by atoms with Crippen molar-refractivity contribution in [3.05, 3.63) is 28.6 Å². The van der Waals surface area contributed by atoms with Gasteiger partial charge in [0.2, 0.25) is 0 Å². The van der Waals surface area contributed by atoms with Crippen LogP contribution >= 0.6 is 22.9 Å². The van der Waals surface area contributed by atoms with Crippen molar-refractivity contribution in [1.82, 2.24) is 19.5 Å². The van der Waals surface area contributed by atoms with E-state index in [2.05, 4.69) is 14.8 Å². The van der Waals surface area contributed by atoms with Gasteiger partial charge in [-0.1, -0.05) is 22.9 Å². The van der Waals surface area contributed by atoms with Crippen molar-refractivity contribution in [3.63, 3.8) is 0 Å². The predicted molar refractivity (Wildman–Crippen MR) is 64.4 cm³/mol. The Hall–Kier alpha value is -0.960. The lowest BCUT2D eigenvalue weighted by Gasteiger charge is -2.01. The molecule has 2 heterocycles. The molecule has 9 heteroatoms. The van der Waals surface area contributed by atoms with Crippen molar-refractivity contribution in [3.8, 4) is 0 Å². The molecule has 0 bridgehead atoms. The van der Waals surface area contributed by atoms with Gasteiger partial charge in [-0.3, -0.25) is 4.68 Å². The van der Waals surface area contributed by atoms with E-state index >= 15 is 0 Å². The van der Waals surface area contributed by atoms with Gasteiger partial charge in [-0.2, -0.15) is 5.10 Å². The number of hydrogen-bond donors (Lipinski definition) is 1. The average molecular weight is 293 g/mol. The van der Waals surface area contributed by atoms with Crippen LogP contribution in [0.1, 0.15) is 5.69 Å². The van der Waals surface area contributed by atoms with E-state index < -0.39 is 10.0 Å². The Bertz CT molecular complexity index is 619. The first-order valence-corrected chi connectivity index (χ1v) is 7.25. The summed E-state index contributed by atoms with van der Waals surface area (Å²) in [6, 6.07) is 1.74. The van der Waals surface area contributed by atoms with E-state index in [1.807, 2.05) is 0 Å². The van der Waals surface area contributed by atoms with E-state index in [0.717, 1.165) is 11.3 Å². The molecule has 0 aliphatic carbocycles. The number of aromatic nitrogens is 3. The van der Waals surface area contributed by atoms with E-state index in [0.29, 0.717) is 5.69 Å². The summed E-state index contributed by atoms with van der Waals surface area (Å²) in [6.45, 7) is 0.138. The fraction of sp³-hybridized carbons (Fsp3) is 0.250. The van der Waals surface area contributed by atoms with Crippen molar-refractivity contribution < 1.29 is 8.42 Å². The first-order chi connectivity index (χ1) is 7.97. The van der Waals surface area contributed by atoms with Crippen LogP contribution in [-0.2, 0) is 23.6 Å². The standard InChI is InChI=1S/C8H9ClN4O2S2/c1-13-3-2-6(12-13)4-11-17(14,15)7-5-10-8(9)16-7/h2-3,5,11H,4H2,1H3. The lowest BCUT2D eigenvalue weighted by molar-refractivity contribution is 0.581. The highest BCUT2D eigenvalue weighted by Crippen LogP contribution is 2.22. The monoisotopic (exact) mass is 292 g/mol. The quantitative estimate of drug-likeness (QED) is 0.912. The lowest BCUT2D eigenvalue weighted by Crippen LogP contribution is -2.22. The summed E-state index contributed by atoms with van der Waals surface area (Å²) in [5.74, 6) is 0. The zero-order valence-electron chi connectivity index (χ0n) is 8.79. The number of nitrogens with one attached hydrogen (secondary N) is 1. The molecule has 0 amide bonds. The van der Waals surface area contributed by atoms with Crippen molar-refractivity contribution >= 4 is 33.0 Å². The second-order valence-electron chi connectivity index (χ2n) is 3.24. The Morgan fingerprint density at radius 2 is 2.35 bits per heavy atom. The minimum Gasteiger partial charge on any atom is -0.276 e. The molecule has 2 aromatic rings. The fourth-order valence-electron chi connectivity index (χ4n) is 1.16. The van der Waals surface area contributed by atoms with Gasteiger partial charge in [0.25, 0.3) is 10.0 Å². The van der Waals surface area contributed by atoms with Crippen LogP contribution in [0, 0.1) is 0 Å². The van der Waals surface area contributed by atoms with Gasteiger partial charge in [-0.05, 0) is 6.07 Å². The summed E-state index contributed by atoms with van der Waals surface area (Å²) in [5, 5.41) is 4.06. The summed E-state index contributed by atoms with van der Waals surface area (Å²) in [7, 11) is -1.79. The van der Waals surface area contributed by atoms with Crippen LogP contribution in [0.3, 0.4) is 0 Å². The van der Waals surface area contributed by atoms with Gasteiger partial charge >= 0.3 is 0 Å². The molecule has 0 radical (unpaired) electrons. The largest absolute Gasteiger partial charge is 0.276 e. The van der Waals surface area contributed by atoms with Crippen LogP contribution in [0.2, 0.25) is 4.47 Å². The fourth-order valence-corrected chi connectivity index (χ4v) is 3.50. The van der Waals surface area contributed by atoms with Crippen molar-refractivity contribution in [2.24, 2.45) is 7.05 Å². The molecule has 0 fully saturated rings. The van der Waals surface area contributed by atoms with Crippen LogP contribution in [0.25, 0.3) is 0 Å². The molecule has 6 nitrogen and oxygen atoms in total. The normalized spacial score (nSPS) is 11.9. The zero-order chi connectivity index (χ0) is 12.5. The van der Waals surface area contributed by atoms with Crippen LogP contribution < -0.4 is 4.72 Å². The zero-order valence-corrected chi connectivity index (χ0v) is 11.2. The Kier molecular flexibility index (Phi) is 3.48. The molecule has 92 valence electrons. The van der Waals surface area contributed by atoms with Gasteiger partial charge < -0.3 is 0 Å². The van der Waals surface area contributed by atoms with E-state index in [4.69, 9.17) is 11.6 Å². The Balaban J connectivity index is 2.08. The van der Waals surface area contributed by atoms with Gasteiger partial charge in [0.15, 0.2) is 8.68 Å². The van der Waals surface area contributed by atoms with E-state index in [1.54, 1.807) is 24.0 Å². The van der Waals surface area contributed by atoms with Crippen molar-refractivity contribution in [2.45, 2.75) is 10.8 Å². The average Bonchev–Trinajstić information content (AvgIpc) is 2.85. The first kappa shape index (κ1) is 12.5. The van der Waals surface area contributed by atoms with E-state index in [9.17, 15) is 8.42 Å². The maximum atomic E-state index is 11.8. The minimum atomic E-state index is -3.56. The number of halogens is 1. The third kappa shape index (κ3) is 3.03. The Morgan fingerprint density at radius 1 is 1.59 bits per heavy atom. The maximum absolute atomic E-state index is 11.8. The molecular weight excluding hydrogens is 284 g/mol. The lowest BCUT2D eigenvalue weighted by atomic mass is 10.4. The highest BCUT2D eigenvalue weighted by Gasteiger charge is 2.17. The number of aryl methyl sites for hydroxylation is 1. The summed E-state index contributed by atoms with van der Waals surface area (Å²) in [6.07, 6.45) is 2.97. The Morgan fingerprint density at radius 3 is 2.88 bits per heavy atom. The molecule has 0 aliphatic rings. The number of rotatable bonds is 4. The van der Waals surface area contributed by atoms with Gasteiger partial charge in [-0.25, -0.2) is 18.1 Å². The highest BCUT2D eigenvalue weighted by molar-refractivity contribution is 7.91. The summed E-state index contributed by atoms with van der Waals surface area (Å²) in [4.78, 5) is 3.69. The second kappa shape index (κ2) is 4.73. The third-order valence-electron chi connectivity index (χ3n) is 1.93. The smallest absolute Gasteiger partial charge is 0.252 e. The van der Waals surface area contributed by atoms with Crippen LogP contribution in [-0.4, -0.2) is 23.2 Å². The second-order valence-corrected chi connectivity index (χ2v) is 6.84. The van der Waals surface area contributed by atoms with E-state index in [1.165, 1.54) is 6.20 Å². The molecular formula is C8H9ClN4O2S2. The molecule has 0 aliphatic heterocycles. The molecule has 2 rings (SSSR count). The molecule has 1 N–H and O–H groups in total. The van der Waals surface area contributed by atoms with E-state index in [-0.39, 0.29) is 15.2 Å². The van der Waals surface area contributed by atoms with Crippen molar-refractivity contribution in [1.29, 1.82) is 0 Å².